The van der Waals surface area contributed by atoms with Crippen molar-refractivity contribution in [2.75, 3.05) is 5.75 Å². The van der Waals surface area contributed by atoms with Crippen LogP contribution < -0.4 is 11.3 Å². The van der Waals surface area contributed by atoms with E-state index in [9.17, 15) is 4.79 Å². The SMILES string of the molecule is NNC(=O)c1oc2ccccc2c1CSCC1CCCC1. The summed E-state index contributed by atoms with van der Waals surface area (Å²) in [6.45, 7) is 0. The molecule has 0 aliphatic heterocycles. The number of furan rings is 1. The molecular formula is C16H20N2O2S. The summed E-state index contributed by atoms with van der Waals surface area (Å²) < 4.78 is 5.67. The number of carbonyl (C=O) groups excluding carboxylic acids is 1. The Morgan fingerprint density at radius 2 is 2.10 bits per heavy atom. The van der Waals surface area contributed by atoms with E-state index in [1.807, 2.05) is 36.0 Å². The third-order valence-corrected chi connectivity index (χ3v) is 5.31. The minimum Gasteiger partial charge on any atom is -0.451 e. The molecule has 0 radical (unpaired) electrons. The highest BCUT2D eigenvalue weighted by Gasteiger charge is 2.21. The molecule has 0 bridgehead atoms. The number of fused-ring (bicyclic) bond motifs is 1. The van der Waals surface area contributed by atoms with E-state index in [2.05, 4.69) is 5.43 Å². The smallest absolute Gasteiger partial charge is 0.301 e. The molecule has 0 saturated heterocycles. The first-order chi connectivity index (χ1) is 10.3. The zero-order chi connectivity index (χ0) is 14.7. The van der Waals surface area contributed by atoms with Crippen molar-refractivity contribution in [3.05, 3.63) is 35.6 Å². The number of carbonyl (C=O) groups is 1. The molecule has 112 valence electrons. The Kier molecular flexibility index (Phi) is 4.51. The van der Waals surface area contributed by atoms with Crippen LogP contribution in [0.3, 0.4) is 0 Å². The molecule has 21 heavy (non-hydrogen) atoms. The summed E-state index contributed by atoms with van der Waals surface area (Å²) in [6.07, 6.45) is 5.41. The Morgan fingerprint density at radius 3 is 2.86 bits per heavy atom. The zero-order valence-corrected chi connectivity index (χ0v) is 12.7. The van der Waals surface area contributed by atoms with Crippen LogP contribution in [0.4, 0.5) is 0 Å². The Balaban J connectivity index is 1.79. The van der Waals surface area contributed by atoms with Crippen LogP contribution in [-0.2, 0) is 5.75 Å². The van der Waals surface area contributed by atoms with Crippen molar-refractivity contribution in [1.29, 1.82) is 0 Å². The number of hydrogen-bond acceptors (Lipinski definition) is 4. The van der Waals surface area contributed by atoms with Crippen molar-refractivity contribution in [3.63, 3.8) is 0 Å². The third-order valence-electron chi connectivity index (χ3n) is 4.11. The van der Waals surface area contributed by atoms with Gasteiger partial charge in [-0.05, 0) is 30.6 Å². The first-order valence-electron chi connectivity index (χ1n) is 7.38. The van der Waals surface area contributed by atoms with Crippen molar-refractivity contribution in [2.24, 2.45) is 11.8 Å². The minimum atomic E-state index is -0.359. The quantitative estimate of drug-likeness (QED) is 0.504. The van der Waals surface area contributed by atoms with E-state index in [-0.39, 0.29) is 5.91 Å². The number of thioether (sulfide) groups is 1. The van der Waals surface area contributed by atoms with E-state index in [4.69, 9.17) is 10.3 Å². The number of nitrogens with one attached hydrogen (secondary N) is 1. The van der Waals surface area contributed by atoms with Crippen LogP contribution in [0.15, 0.2) is 28.7 Å². The van der Waals surface area contributed by atoms with Crippen molar-refractivity contribution in [3.8, 4) is 0 Å². The number of benzene rings is 1. The van der Waals surface area contributed by atoms with Gasteiger partial charge in [-0.1, -0.05) is 31.0 Å². The lowest BCUT2D eigenvalue weighted by atomic mass is 10.1. The van der Waals surface area contributed by atoms with E-state index in [1.165, 1.54) is 25.7 Å². The monoisotopic (exact) mass is 304 g/mol. The van der Waals surface area contributed by atoms with E-state index in [1.54, 1.807) is 0 Å². The molecule has 4 nitrogen and oxygen atoms in total. The lowest BCUT2D eigenvalue weighted by molar-refractivity contribution is 0.0927. The van der Waals surface area contributed by atoms with Crippen LogP contribution in [0.2, 0.25) is 0 Å². The minimum absolute atomic E-state index is 0.345. The fraction of sp³-hybridized carbons (Fsp3) is 0.438. The molecule has 0 unspecified atom stereocenters. The predicted octanol–water partition coefficient (Wildman–Crippen LogP) is 3.46. The molecule has 1 aliphatic carbocycles. The number of nitrogens with two attached hydrogens (primary N) is 1. The van der Waals surface area contributed by atoms with E-state index in [0.29, 0.717) is 5.76 Å². The van der Waals surface area contributed by atoms with Crippen molar-refractivity contribution in [2.45, 2.75) is 31.4 Å². The summed E-state index contributed by atoms with van der Waals surface area (Å²) in [7, 11) is 0. The summed E-state index contributed by atoms with van der Waals surface area (Å²) in [6, 6.07) is 7.75. The topological polar surface area (TPSA) is 68.3 Å². The number of rotatable bonds is 5. The molecule has 1 aromatic carbocycles. The first-order valence-corrected chi connectivity index (χ1v) is 8.54. The molecule has 1 heterocycles. The molecule has 2 aromatic rings. The predicted molar refractivity (Wildman–Crippen MR) is 86.0 cm³/mol. The van der Waals surface area contributed by atoms with Crippen LogP contribution in [0.1, 0.15) is 41.8 Å². The van der Waals surface area contributed by atoms with Crippen molar-refractivity contribution >= 4 is 28.6 Å². The van der Waals surface area contributed by atoms with Gasteiger partial charge in [0, 0.05) is 16.7 Å². The number of hydrazine groups is 1. The van der Waals surface area contributed by atoms with Gasteiger partial charge in [-0.3, -0.25) is 10.2 Å². The van der Waals surface area contributed by atoms with Gasteiger partial charge < -0.3 is 4.42 Å². The molecule has 1 fully saturated rings. The summed E-state index contributed by atoms with van der Waals surface area (Å²) in [4.78, 5) is 11.9. The highest BCUT2D eigenvalue weighted by Crippen LogP contribution is 2.32. The maximum absolute atomic E-state index is 11.9. The van der Waals surface area contributed by atoms with Crippen LogP contribution >= 0.6 is 11.8 Å². The fourth-order valence-electron chi connectivity index (χ4n) is 3.00. The lowest BCUT2D eigenvalue weighted by Gasteiger charge is -2.08. The average Bonchev–Trinajstić information content (AvgIpc) is 3.14. The second kappa shape index (κ2) is 6.54. The van der Waals surface area contributed by atoms with Crippen molar-refractivity contribution < 1.29 is 9.21 Å². The van der Waals surface area contributed by atoms with Gasteiger partial charge in [-0.25, -0.2) is 5.84 Å². The zero-order valence-electron chi connectivity index (χ0n) is 11.9. The molecule has 1 aliphatic rings. The first kappa shape index (κ1) is 14.5. The normalized spacial score (nSPS) is 15.7. The van der Waals surface area contributed by atoms with E-state index >= 15 is 0 Å². The van der Waals surface area contributed by atoms with Crippen LogP contribution in [0, 0.1) is 5.92 Å². The Morgan fingerprint density at radius 1 is 1.33 bits per heavy atom. The molecule has 1 aromatic heterocycles. The molecule has 0 atom stereocenters. The number of nitrogen functional groups attached to an aromatic ring is 1. The summed E-state index contributed by atoms with van der Waals surface area (Å²) in [5.41, 5.74) is 3.87. The Bertz CT molecular complexity index is 632. The van der Waals surface area contributed by atoms with Crippen molar-refractivity contribution in [1.82, 2.24) is 5.43 Å². The highest BCUT2D eigenvalue weighted by molar-refractivity contribution is 7.98. The lowest BCUT2D eigenvalue weighted by Crippen LogP contribution is -2.30. The van der Waals surface area contributed by atoms with Gasteiger partial charge in [0.25, 0.3) is 0 Å². The third kappa shape index (κ3) is 3.09. The molecule has 3 N–H and O–H groups in total. The molecule has 0 spiro atoms. The van der Waals surface area contributed by atoms with Gasteiger partial charge in [0.2, 0.25) is 0 Å². The largest absolute Gasteiger partial charge is 0.451 e. The van der Waals surface area contributed by atoms with E-state index < -0.39 is 0 Å². The maximum atomic E-state index is 11.9. The fourth-order valence-corrected chi connectivity index (χ4v) is 4.27. The molecule has 5 heteroatoms. The van der Waals surface area contributed by atoms with Gasteiger partial charge in [0.15, 0.2) is 5.76 Å². The number of amides is 1. The molecule has 1 saturated carbocycles. The van der Waals surface area contributed by atoms with Crippen LogP contribution in [-0.4, -0.2) is 11.7 Å². The molecule has 1 amide bonds. The standard InChI is InChI=1S/C16H20N2O2S/c17-18-16(19)15-13(10-21-9-11-5-1-2-6-11)12-7-3-4-8-14(12)20-15/h3-4,7-8,11H,1-2,5-6,9-10,17H2,(H,18,19). The summed E-state index contributed by atoms with van der Waals surface area (Å²) in [5, 5.41) is 1.01. The van der Waals surface area contributed by atoms with Gasteiger partial charge >= 0.3 is 5.91 Å². The van der Waals surface area contributed by atoms with E-state index in [0.717, 1.165) is 34.0 Å². The van der Waals surface area contributed by atoms with Gasteiger partial charge in [-0.15, -0.1) is 0 Å². The van der Waals surface area contributed by atoms with Gasteiger partial charge in [0.05, 0.1) is 0 Å². The maximum Gasteiger partial charge on any atom is 0.301 e. The second-order valence-corrected chi connectivity index (χ2v) is 6.58. The Hall–Kier alpha value is -1.46. The molecule has 3 rings (SSSR count). The summed E-state index contributed by atoms with van der Waals surface area (Å²) in [5.74, 6) is 8.02. The number of para-hydroxylation sites is 1. The Labute approximate surface area is 128 Å². The van der Waals surface area contributed by atoms with Crippen LogP contribution in [0.5, 0.6) is 0 Å². The molecular weight excluding hydrogens is 284 g/mol. The highest BCUT2D eigenvalue weighted by atomic mass is 32.2. The number of hydrogen-bond donors (Lipinski definition) is 2. The van der Waals surface area contributed by atoms with Gasteiger partial charge in [0.1, 0.15) is 5.58 Å². The van der Waals surface area contributed by atoms with Crippen LogP contribution in [0.25, 0.3) is 11.0 Å². The summed E-state index contributed by atoms with van der Waals surface area (Å²) >= 11 is 1.88. The second-order valence-electron chi connectivity index (χ2n) is 5.54. The average molecular weight is 304 g/mol. The van der Waals surface area contributed by atoms with Gasteiger partial charge in [-0.2, -0.15) is 11.8 Å².